The van der Waals surface area contributed by atoms with Crippen molar-refractivity contribution in [3.8, 4) is 0 Å². The molecule has 9 heteroatoms. The smallest absolute Gasteiger partial charge is 0.234 e. The number of nitrogens with zero attached hydrogens (tertiary/aromatic N) is 3. The molecule has 1 aromatic heterocycles. The number of nitrogens with one attached hydrogen (secondary N) is 2. The number of aryl methyl sites for hydroxylation is 2. The predicted molar refractivity (Wildman–Crippen MR) is 129 cm³/mol. The summed E-state index contributed by atoms with van der Waals surface area (Å²) in [6.07, 6.45) is 1.76. The van der Waals surface area contributed by atoms with Crippen LogP contribution in [-0.4, -0.2) is 32.3 Å². The molecule has 3 aromatic rings. The van der Waals surface area contributed by atoms with Crippen LogP contribution in [0.15, 0.2) is 60.3 Å². The van der Waals surface area contributed by atoms with Gasteiger partial charge in [0.2, 0.25) is 11.8 Å². The Morgan fingerprint density at radius 2 is 1.94 bits per heavy atom. The monoisotopic (exact) mass is 469 g/mol. The van der Waals surface area contributed by atoms with E-state index in [4.69, 9.17) is 11.6 Å². The van der Waals surface area contributed by atoms with Crippen LogP contribution in [-0.2, 0) is 22.6 Å². The van der Waals surface area contributed by atoms with Gasteiger partial charge in [0.1, 0.15) is 5.82 Å². The molecule has 0 spiro atoms. The molecule has 0 aliphatic rings. The van der Waals surface area contributed by atoms with E-state index in [1.165, 1.54) is 11.8 Å². The highest BCUT2D eigenvalue weighted by Gasteiger charge is 2.17. The number of halogens is 1. The molecule has 0 saturated heterocycles. The Balaban J connectivity index is 1.63. The third-order valence-corrected chi connectivity index (χ3v) is 5.72. The number of amides is 2. The lowest BCUT2D eigenvalue weighted by Gasteiger charge is -2.10. The molecular weight excluding hydrogens is 446 g/mol. The average molecular weight is 470 g/mol. The molecule has 166 valence electrons. The fraction of sp³-hybridized carbons (Fsp3) is 0.217. The summed E-state index contributed by atoms with van der Waals surface area (Å²) in [6, 6.07) is 12.8. The van der Waals surface area contributed by atoms with Gasteiger partial charge in [-0.1, -0.05) is 53.2 Å². The molecule has 2 aromatic carbocycles. The van der Waals surface area contributed by atoms with Crippen LogP contribution in [0.1, 0.15) is 17.0 Å². The van der Waals surface area contributed by atoms with Crippen LogP contribution >= 0.6 is 23.4 Å². The maximum Gasteiger partial charge on any atom is 0.234 e. The van der Waals surface area contributed by atoms with Crippen LogP contribution in [0.5, 0.6) is 0 Å². The van der Waals surface area contributed by atoms with Gasteiger partial charge >= 0.3 is 0 Å². The zero-order valence-corrected chi connectivity index (χ0v) is 19.5. The summed E-state index contributed by atoms with van der Waals surface area (Å²) in [6.45, 7) is 8.15. The second-order valence-electron chi connectivity index (χ2n) is 7.19. The molecule has 2 amide bonds. The summed E-state index contributed by atoms with van der Waals surface area (Å²) < 4.78 is 1.78. The maximum atomic E-state index is 12.6. The zero-order chi connectivity index (χ0) is 23.1. The summed E-state index contributed by atoms with van der Waals surface area (Å²) in [5.41, 5.74) is 3.52. The third kappa shape index (κ3) is 6.45. The molecule has 0 saturated carbocycles. The van der Waals surface area contributed by atoms with Crippen LogP contribution < -0.4 is 10.6 Å². The van der Waals surface area contributed by atoms with Gasteiger partial charge in [0.15, 0.2) is 5.16 Å². The van der Waals surface area contributed by atoms with E-state index < -0.39 is 0 Å². The number of anilines is 2. The minimum absolute atomic E-state index is 0.0590. The number of thioether (sulfide) groups is 1. The number of benzene rings is 2. The molecule has 0 unspecified atom stereocenters. The van der Waals surface area contributed by atoms with Crippen molar-refractivity contribution >= 4 is 46.6 Å². The Morgan fingerprint density at radius 3 is 2.66 bits per heavy atom. The molecule has 32 heavy (non-hydrogen) atoms. The molecule has 0 aliphatic carbocycles. The van der Waals surface area contributed by atoms with Gasteiger partial charge in [-0.3, -0.25) is 9.59 Å². The van der Waals surface area contributed by atoms with Crippen molar-refractivity contribution < 1.29 is 9.59 Å². The molecule has 0 bridgehead atoms. The number of aromatic nitrogens is 3. The number of hydrogen-bond acceptors (Lipinski definition) is 5. The lowest BCUT2D eigenvalue weighted by Crippen LogP contribution is -2.18. The van der Waals surface area contributed by atoms with Crippen LogP contribution in [0.3, 0.4) is 0 Å². The molecule has 0 radical (unpaired) electrons. The second kappa shape index (κ2) is 11.0. The van der Waals surface area contributed by atoms with Crippen LogP contribution in [0.25, 0.3) is 0 Å². The highest BCUT2D eigenvalue weighted by atomic mass is 35.5. The Bertz CT molecular complexity index is 1150. The summed E-state index contributed by atoms with van der Waals surface area (Å²) in [7, 11) is 0. The zero-order valence-electron chi connectivity index (χ0n) is 17.9. The van der Waals surface area contributed by atoms with Crippen molar-refractivity contribution in [2.75, 3.05) is 16.4 Å². The normalized spacial score (nSPS) is 10.6. The molecule has 2 N–H and O–H groups in total. The molecular formula is C23H24ClN5O2S. The number of carbonyl (C=O) groups excluding carboxylic acids is 2. The Labute approximate surface area is 196 Å². The van der Waals surface area contributed by atoms with Crippen LogP contribution in [0, 0.1) is 13.8 Å². The summed E-state index contributed by atoms with van der Waals surface area (Å²) in [4.78, 5) is 24.9. The largest absolute Gasteiger partial charge is 0.325 e. The van der Waals surface area contributed by atoms with Gasteiger partial charge in [-0.05, 0) is 43.7 Å². The average Bonchev–Trinajstić information content (AvgIpc) is 3.10. The van der Waals surface area contributed by atoms with Crippen LogP contribution in [0.4, 0.5) is 11.4 Å². The highest BCUT2D eigenvalue weighted by Crippen LogP contribution is 2.20. The van der Waals surface area contributed by atoms with Gasteiger partial charge in [0, 0.05) is 22.9 Å². The second-order valence-corrected chi connectivity index (χ2v) is 8.57. The van der Waals surface area contributed by atoms with Crippen molar-refractivity contribution in [3.05, 3.63) is 77.1 Å². The van der Waals surface area contributed by atoms with E-state index in [1.807, 2.05) is 32.0 Å². The Kier molecular flexibility index (Phi) is 8.08. The van der Waals surface area contributed by atoms with Gasteiger partial charge in [-0.25, -0.2) is 0 Å². The van der Waals surface area contributed by atoms with E-state index >= 15 is 0 Å². The minimum atomic E-state index is -0.195. The third-order valence-electron chi connectivity index (χ3n) is 4.52. The molecule has 0 fully saturated rings. The first-order valence-corrected chi connectivity index (χ1v) is 11.3. The predicted octanol–water partition coefficient (Wildman–Crippen LogP) is 4.65. The van der Waals surface area contributed by atoms with E-state index in [0.29, 0.717) is 28.2 Å². The van der Waals surface area contributed by atoms with Gasteiger partial charge in [-0.15, -0.1) is 16.8 Å². The van der Waals surface area contributed by atoms with Crippen molar-refractivity contribution in [2.45, 2.75) is 32.0 Å². The quantitative estimate of drug-likeness (QED) is 0.352. The number of allylic oxidation sites excluding steroid dienone is 1. The summed E-state index contributed by atoms with van der Waals surface area (Å²) in [5, 5.41) is 15.1. The van der Waals surface area contributed by atoms with Gasteiger partial charge in [0.25, 0.3) is 0 Å². The Hall–Kier alpha value is -3.10. The molecule has 3 rings (SSSR count). The number of hydrogen-bond donors (Lipinski definition) is 2. The summed E-state index contributed by atoms with van der Waals surface area (Å²) >= 11 is 7.19. The molecule has 0 atom stereocenters. The lowest BCUT2D eigenvalue weighted by molar-refractivity contribution is -0.116. The standard InChI is InChI=1S/C23H24ClN5O2S/c1-4-10-29-20(13-21(30)26-19-9-8-15(2)11-16(19)3)27-28-23(29)32-14-22(31)25-18-7-5-6-17(24)12-18/h4-9,11-12H,1,10,13-14H2,2-3H3,(H,25,31)(H,26,30). The molecule has 7 nitrogen and oxygen atoms in total. The van der Waals surface area contributed by atoms with Gasteiger partial charge < -0.3 is 15.2 Å². The first-order valence-electron chi connectivity index (χ1n) is 9.94. The van der Waals surface area contributed by atoms with E-state index in [2.05, 4.69) is 27.4 Å². The fourth-order valence-electron chi connectivity index (χ4n) is 3.05. The molecule has 0 aliphatic heterocycles. The fourth-order valence-corrected chi connectivity index (χ4v) is 4.01. The SMILES string of the molecule is C=CCn1c(CC(=O)Nc2ccc(C)cc2C)nnc1SCC(=O)Nc1cccc(Cl)c1. The Morgan fingerprint density at radius 1 is 1.12 bits per heavy atom. The summed E-state index contributed by atoms with van der Waals surface area (Å²) in [5.74, 6) is 0.255. The van der Waals surface area contributed by atoms with E-state index in [-0.39, 0.29) is 24.0 Å². The topological polar surface area (TPSA) is 88.9 Å². The number of carbonyl (C=O) groups is 2. The van der Waals surface area contributed by atoms with Crippen molar-refractivity contribution in [1.82, 2.24) is 14.8 Å². The van der Waals surface area contributed by atoms with Crippen molar-refractivity contribution in [1.29, 1.82) is 0 Å². The van der Waals surface area contributed by atoms with Crippen molar-refractivity contribution in [2.24, 2.45) is 0 Å². The maximum absolute atomic E-state index is 12.6. The van der Waals surface area contributed by atoms with E-state index in [9.17, 15) is 9.59 Å². The highest BCUT2D eigenvalue weighted by molar-refractivity contribution is 7.99. The lowest BCUT2D eigenvalue weighted by atomic mass is 10.1. The number of rotatable bonds is 9. The van der Waals surface area contributed by atoms with E-state index in [0.717, 1.165) is 16.8 Å². The molecule has 1 heterocycles. The van der Waals surface area contributed by atoms with Crippen LogP contribution in [0.2, 0.25) is 5.02 Å². The van der Waals surface area contributed by atoms with E-state index in [1.54, 1.807) is 34.9 Å². The van der Waals surface area contributed by atoms with Crippen molar-refractivity contribution in [3.63, 3.8) is 0 Å². The first kappa shape index (κ1) is 23.6. The first-order chi connectivity index (χ1) is 15.4. The van der Waals surface area contributed by atoms with Gasteiger partial charge in [-0.2, -0.15) is 0 Å². The van der Waals surface area contributed by atoms with Gasteiger partial charge in [0.05, 0.1) is 12.2 Å². The minimum Gasteiger partial charge on any atom is -0.325 e.